The van der Waals surface area contributed by atoms with E-state index in [9.17, 15) is 19.2 Å². The summed E-state index contributed by atoms with van der Waals surface area (Å²) in [5.74, 6) is -1.74. The van der Waals surface area contributed by atoms with Crippen LogP contribution in [0.2, 0.25) is 0 Å². The van der Waals surface area contributed by atoms with Gasteiger partial charge in [-0.3, -0.25) is 14.4 Å². The molecule has 64 valence electrons. The number of aldehydes is 1. The first kappa shape index (κ1) is 8.58. The van der Waals surface area contributed by atoms with Crippen LogP contribution in [0.3, 0.4) is 0 Å². The van der Waals surface area contributed by atoms with E-state index in [1.54, 1.807) is 0 Å². The molecule has 0 radical (unpaired) electrons. The van der Waals surface area contributed by atoms with Crippen LogP contribution in [0.25, 0.3) is 0 Å². The number of rotatable bonds is 2. The monoisotopic (exact) mass is 169 g/mol. The Labute approximate surface area is 68.3 Å². The molecular weight excluding hydrogens is 162 g/mol. The van der Waals surface area contributed by atoms with Crippen LogP contribution in [-0.2, 0) is 19.2 Å². The van der Waals surface area contributed by atoms with Gasteiger partial charge in [-0.25, -0.2) is 4.90 Å². The van der Waals surface area contributed by atoms with E-state index in [-0.39, 0.29) is 12.8 Å². The van der Waals surface area contributed by atoms with Crippen molar-refractivity contribution in [3.8, 4) is 0 Å². The molecule has 0 bridgehead atoms. The molecule has 5 nitrogen and oxygen atoms in total. The summed E-state index contributed by atoms with van der Waals surface area (Å²) in [6.07, 6.45) is 0.117. The molecule has 0 saturated carbocycles. The fourth-order valence-electron chi connectivity index (χ4n) is 1.02. The van der Waals surface area contributed by atoms with Gasteiger partial charge in [0, 0.05) is 12.8 Å². The van der Waals surface area contributed by atoms with Gasteiger partial charge in [-0.15, -0.1) is 0 Å². The molecule has 1 aliphatic heterocycles. The highest BCUT2D eigenvalue weighted by molar-refractivity contribution is 6.16. The molecule has 1 rings (SSSR count). The third kappa shape index (κ3) is 1.39. The van der Waals surface area contributed by atoms with Crippen molar-refractivity contribution in [2.24, 2.45) is 0 Å². The van der Waals surface area contributed by atoms with Crippen molar-refractivity contribution in [1.82, 2.24) is 4.90 Å². The van der Waals surface area contributed by atoms with Gasteiger partial charge >= 0.3 is 0 Å². The summed E-state index contributed by atoms with van der Waals surface area (Å²) in [5.41, 5.74) is 0. The van der Waals surface area contributed by atoms with E-state index in [1.165, 1.54) is 0 Å². The van der Waals surface area contributed by atoms with Gasteiger partial charge in [-0.1, -0.05) is 0 Å². The van der Waals surface area contributed by atoms with Gasteiger partial charge in [0.1, 0.15) is 6.29 Å². The Morgan fingerprint density at radius 1 is 1.33 bits per heavy atom. The Kier molecular flexibility index (Phi) is 2.32. The third-order valence-corrected chi connectivity index (χ3v) is 1.56. The number of likely N-dealkylation sites (tertiary alicyclic amines) is 1. The van der Waals surface area contributed by atoms with Crippen LogP contribution in [0.4, 0.5) is 0 Å². The lowest BCUT2D eigenvalue weighted by Crippen LogP contribution is -2.35. The second-order valence-electron chi connectivity index (χ2n) is 2.39. The van der Waals surface area contributed by atoms with E-state index in [1.807, 2.05) is 0 Å². The predicted octanol–water partition coefficient (Wildman–Crippen LogP) is -0.749. The summed E-state index contributed by atoms with van der Waals surface area (Å²) < 4.78 is 0. The molecule has 3 amide bonds. The normalized spacial score (nSPS) is 16.8. The van der Waals surface area contributed by atoms with E-state index in [0.717, 1.165) is 0 Å². The third-order valence-electron chi connectivity index (χ3n) is 1.56. The summed E-state index contributed by atoms with van der Waals surface area (Å²) in [7, 11) is 0. The smallest absolute Gasteiger partial charge is 0.243 e. The highest BCUT2D eigenvalue weighted by Gasteiger charge is 2.33. The van der Waals surface area contributed by atoms with Gasteiger partial charge in [-0.2, -0.15) is 0 Å². The van der Waals surface area contributed by atoms with E-state index in [2.05, 4.69) is 0 Å². The number of nitrogens with zero attached hydrogens (tertiary/aromatic N) is 1. The van der Waals surface area contributed by atoms with Gasteiger partial charge in [0.2, 0.25) is 17.7 Å². The Bertz CT molecular complexity index is 242. The minimum Gasteiger partial charge on any atom is -0.303 e. The van der Waals surface area contributed by atoms with Crippen molar-refractivity contribution in [2.45, 2.75) is 19.3 Å². The summed E-state index contributed by atoms with van der Waals surface area (Å²) in [6, 6.07) is 0. The summed E-state index contributed by atoms with van der Waals surface area (Å²) in [4.78, 5) is 43.1. The molecular formula is C7H7NO4. The SMILES string of the molecule is O=CCC(=O)N1C(=O)CCC1=O. The van der Waals surface area contributed by atoms with Crippen molar-refractivity contribution in [3.05, 3.63) is 0 Å². The van der Waals surface area contributed by atoms with Crippen molar-refractivity contribution in [1.29, 1.82) is 0 Å². The average Bonchev–Trinajstić information content (AvgIpc) is 2.32. The first-order chi connectivity index (χ1) is 5.66. The number of hydrogen-bond acceptors (Lipinski definition) is 4. The molecule has 0 spiro atoms. The van der Waals surface area contributed by atoms with Gasteiger partial charge in [-0.05, 0) is 0 Å². The van der Waals surface area contributed by atoms with Crippen molar-refractivity contribution >= 4 is 24.0 Å². The predicted molar refractivity (Wildman–Crippen MR) is 36.8 cm³/mol. The van der Waals surface area contributed by atoms with Gasteiger partial charge < -0.3 is 4.79 Å². The molecule has 0 aromatic carbocycles. The lowest BCUT2D eigenvalue weighted by atomic mass is 10.4. The molecule has 5 heteroatoms. The number of amides is 3. The molecule has 1 aliphatic rings. The largest absolute Gasteiger partial charge is 0.303 e. The Morgan fingerprint density at radius 2 is 1.83 bits per heavy atom. The van der Waals surface area contributed by atoms with E-state index in [0.29, 0.717) is 11.2 Å². The second kappa shape index (κ2) is 3.25. The maximum absolute atomic E-state index is 10.9. The number of carbonyl (C=O) groups excluding carboxylic acids is 4. The molecule has 0 aliphatic carbocycles. The van der Waals surface area contributed by atoms with Gasteiger partial charge in [0.05, 0.1) is 6.42 Å². The molecule has 0 aromatic heterocycles. The van der Waals surface area contributed by atoms with Crippen LogP contribution in [-0.4, -0.2) is 28.9 Å². The van der Waals surface area contributed by atoms with Crippen LogP contribution in [0, 0.1) is 0 Å². The Morgan fingerprint density at radius 3 is 2.25 bits per heavy atom. The molecule has 12 heavy (non-hydrogen) atoms. The maximum Gasteiger partial charge on any atom is 0.243 e. The fraction of sp³-hybridized carbons (Fsp3) is 0.429. The molecule has 1 saturated heterocycles. The Balaban J connectivity index is 2.72. The first-order valence-corrected chi connectivity index (χ1v) is 3.49. The molecule has 0 unspecified atom stereocenters. The second-order valence-corrected chi connectivity index (χ2v) is 2.39. The Hall–Kier alpha value is -1.52. The lowest BCUT2D eigenvalue weighted by Gasteiger charge is -2.08. The highest BCUT2D eigenvalue weighted by atomic mass is 16.2. The van der Waals surface area contributed by atoms with Crippen molar-refractivity contribution in [2.75, 3.05) is 0 Å². The first-order valence-electron chi connectivity index (χ1n) is 3.49. The van der Waals surface area contributed by atoms with Crippen molar-refractivity contribution in [3.63, 3.8) is 0 Å². The maximum atomic E-state index is 10.9. The van der Waals surface area contributed by atoms with Crippen LogP contribution in [0.5, 0.6) is 0 Å². The van der Waals surface area contributed by atoms with E-state index in [4.69, 9.17) is 0 Å². The van der Waals surface area contributed by atoms with E-state index >= 15 is 0 Å². The molecule has 0 aromatic rings. The number of carbonyl (C=O) groups is 4. The standard InChI is InChI=1S/C7H7NO4/c9-4-3-7(12)8-5(10)1-2-6(8)11/h4H,1-3H2. The molecule has 1 heterocycles. The average molecular weight is 169 g/mol. The number of imide groups is 3. The minimum atomic E-state index is -0.725. The quantitative estimate of drug-likeness (QED) is 0.310. The van der Waals surface area contributed by atoms with E-state index < -0.39 is 24.1 Å². The van der Waals surface area contributed by atoms with Gasteiger partial charge in [0.25, 0.3) is 0 Å². The van der Waals surface area contributed by atoms with Crippen molar-refractivity contribution < 1.29 is 19.2 Å². The summed E-state index contributed by atoms with van der Waals surface area (Å²) in [5, 5.41) is 0. The highest BCUT2D eigenvalue weighted by Crippen LogP contribution is 2.12. The molecule has 1 fully saturated rings. The summed E-state index contributed by atoms with van der Waals surface area (Å²) >= 11 is 0. The molecule has 0 N–H and O–H groups in total. The fourth-order valence-corrected chi connectivity index (χ4v) is 1.02. The molecule has 0 atom stereocenters. The topological polar surface area (TPSA) is 71.5 Å². The zero-order chi connectivity index (χ0) is 9.14. The van der Waals surface area contributed by atoms with Crippen LogP contribution in [0.15, 0.2) is 0 Å². The lowest BCUT2D eigenvalue weighted by molar-refractivity contribution is -0.149. The van der Waals surface area contributed by atoms with Crippen LogP contribution < -0.4 is 0 Å². The number of hydrogen-bond donors (Lipinski definition) is 0. The minimum absolute atomic E-state index is 0.0728. The van der Waals surface area contributed by atoms with Crippen LogP contribution in [0.1, 0.15) is 19.3 Å². The zero-order valence-electron chi connectivity index (χ0n) is 6.28. The summed E-state index contributed by atoms with van der Waals surface area (Å²) in [6.45, 7) is 0. The van der Waals surface area contributed by atoms with Gasteiger partial charge in [0.15, 0.2) is 0 Å². The van der Waals surface area contributed by atoms with Crippen LogP contribution >= 0.6 is 0 Å². The zero-order valence-corrected chi connectivity index (χ0v) is 6.28.